The van der Waals surface area contributed by atoms with Crippen LogP contribution in [0.15, 0.2) is 24.3 Å². The number of hydrogen-bond acceptors (Lipinski definition) is 6. The highest BCUT2D eigenvalue weighted by atomic mass is 16.6. The quantitative estimate of drug-likeness (QED) is 0.0261. The molecule has 0 aromatic heterocycles. The number of allylic oxidation sites excluding steroid dienone is 4. The third-order valence-corrected chi connectivity index (χ3v) is 15.2. The third kappa shape index (κ3) is 60.8. The second kappa shape index (κ2) is 63.4. The van der Waals surface area contributed by atoms with Crippen molar-refractivity contribution in [3.8, 4) is 0 Å². The van der Waals surface area contributed by atoms with E-state index in [0.717, 1.165) is 57.8 Å². The van der Waals surface area contributed by atoms with Gasteiger partial charge in [0.2, 0.25) is 0 Å². The second-order valence-electron chi connectivity index (χ2n) is 22.7. The van der Waals surface area contributed by atoms with Crippen LogP contribution in [0.2, 0.25) is 0 Å². The first-order valence-electron chi connectivity index (χ1n) is 33.3. The molecule has 0 bridgehead atoms. The van der Waals surface area contributed by atoms with Crippen LogP contribution in [0.4, 0.5) is 0 Å². The first kappa shape index (κ1) is 71.9. The predicted molar refractivity (Wildman–Crippen MR) is 321 cm³/mol. The van der Waals surface area contributed by atoms with E-state index < -0.39 is 6.10 Å². The Balaban J connectivity index is 4.24. The Morgan fingerprint density at radius 2 is 0.446 bits per heavy atom. The average Bonchev–Trinajstić information content (AvgIpc) is 3.40. The van der Waals surface area contributed by atoms with Gasteiger partial charge in [-0.1, -0.05) is 308 Å². The Morgan fingerprint density at radius 1 is 0.257 bits per heavy atom. The molecular formula is C68H128O6. The fourth-order valence-corrected chi connectivity index (χ4v) is 10.1. The third-order valence-electron chi connectivity index (χ3n) is 15.2. The highest BCUT2D eigenvalue weighted by molar-refractivity contribution is 5.71. The fourth-order valence-electron chi connectivity index (χ4n) is 10.1. The summed E-state index contributed by atoms with van der Waals surface area (Å²) in [7, 11) is 0. The zero-order chi connectivity index (χ0) is 53.6. The van der Waals surface area contributed by atoms with Crippen LogP contribution in [0.5, 0.6) is 0 Å². The zero-order valence-electron chi connectivity index (χ0n) is 50.1. The molecule has 1 atom stereocenters. The molecule has 6 heteroatoms. The highest BCUT2D eigenvalue weighted by Gasteiger charge is 2.19. The van der Waals surface area contributed by atoms with E-state index in [0.29, 0.717) is 19.3 Å². The van der Waals surface area contributed by atoms with E-state index in [1.54, 1.807) is 0 Å². The Bertz CT molecular complexity index is 1190. The van der Waals surface area contributed by atoms with Gasteiger partial charge in [0.05, 0.1) is 0 Å². The van der Waals surface area contributed by atoms with Crippen molar-refractivity contribution in [3.05, 3.63) is 24.3 Å². The topological polar surface area (TPSA) is 78.9 Å². The molecule has 0 aliphatic carbocycles. The number of carbonyl (C=O) groups is 3. The molecule has 1 unspecified atom stereocenters. The van der Waals surface area contributed by atoms with E-state index in [4.69, 9.17) is 14.2 Å². The van der Waals surface area contributed by atoms with E-state index in [-0.39, 0.29) is 31.1 Å². The molecule has 0 fully saturated rings. The molecule has 0 saturated heterocycles. The van der Waals surface area contributed by atoms with Gasteiger partial charge in [0.25, 0.3) is 0 Å². The van der Waals surface area contributed by atoms with Gasteiger partial charge in [-0.2, -0.15) is 0 Å². The molecule has 0 aliphatic heterocycles. The van der Waals surface area contributed by atoms with Crippen molar-refractivity contribution in [2.24, 2.45) is 0 Å². The number of unbranched alkanes of at least 4 members (excludes halogenated alkanes) is 47. The number of esters is 3. The summed E-state index contributed by atoms with van der Waals surface area (Å²) in [5.41, 5.74) is 0. The van der Waals surface area contributed by atoms with E-state index in [2.05, 4.69) is 45.1 Å². The van der Waals surface area contributed by atoms with Crippen LogP contribution in [0.25, 0.3) is 0 Å². The molecule has 0 heterocycles. The fraction of sp³-hybridized carbons (Fsp3) is 0.897. The Morgan fingerprint density at radius 3 is 0.676 bits per heavy atom. The van der Waals surface area contributed by atoms with Gasteiger partial charge < -0.3 is 14.2 Å². The lowest BCUT2D eigenvalue weighted by Gasteiger charge is -2.18. The van der Waals surface area contributed by atoms with E-state index in [1.807, 2.05) is 0 Å². The predicted octanol–water partition coefficient (Wildman–Crippen LogP) is 22.6. The van der Waals surface area contributed by atoms with Gasteiger partial charge in [0, 0.05) is 19.3 Å². The summed E-state index contributed by atoms with van der Waals surface area (Å²) in [6.45, 7) is 6.70. The molecule has 0 spiro atoms. The van der Waals surface area contributed by atoms with E-state index >= 15 is 0 Å². The van der Waals surface area contributed by atoms with Crippen molar-refractivity contribution < 1.29 is 28.6 Å². The highest BCUT2D eigenvalue weighted by Crippen LogP contribution is 2.18. The summed E-state index contributed by atoms with van der Waals surface area (Å²) in [6.07, 6.45) is 76.2. The molecule has 0 radical (unpaired) electrons. The van der Waals surface area contributed by atoms with E-state index in [9.17, 15) is 14.4 Å². The van der Waals surface area contributed by atoms with Crippen LogP contribution in [-0.2, 0) is 28.6 Å². The molecule has 74 heavy (non-hydrogen) atoms. The minimum absolute atomic E-state index is 0.0670. The van der Waals surface area contributed by atoms with Crippen molar-refractivity contribution in [2.75, 3.05) is 13.2 Å². The van der Waals surface area contributed by atoms with Crippen molar-refractivity contribution >= 4 is 17.9 Å². The van der Waals surface area contributed by atoms with Gasteiger partial charge in [-0.3, -0.25) is 14.4 Å². The standard InChI is InChI=1S/C68H128O6/c1-4-7-10-13-16-19-22-25-27-29-31-33-34-36-37-39-41-43-46-49-52-55-58-61-67(70)73-64-65(63-72-66(69)60-57-54-51-48-45-24-21-18-15-12-9-6-3)74-68(71)62-59-56-53-50-47-44-42-40-38-35-32-30-28-26-23-20-17-14-11-8-5-2/h29-32,65H,4-28,33-64H2,1-3H3/b31-29-,32-30-. The Hall–Kier alpha value is -2.11. The second-order valence-corrected chi connectivity index (χ2v) is 22.7. The van der Waals surface area contributed by atoms with Crippen molar-refractivity contribution in [2.45, 2.75) is 380 Å². The first-order chi connectivity index (χ1) is 36.5. The first-order valence-corrected chi connectivity index (χ1v) is 33.3. The lowest BCUT2D eigenvalue weighted by Crippen LogP contribution is -2.30. The van der Waals surface area contributed by atoms with E-state index in [1.165, 1.54) is 276 Å². The maximum absolute atomic E-state index is 12.9. The molecule has 436 valence electrons. The molecule has 0 rings (SSSR count). The van der Waals surface area contributed by atoms with Crippen LogP contribution in [-0.4, -0.2) is 37.2 Å². The molecule has 0 amide bonds. The van der Waals surface area contributed by atoms with Gasteiger partial charge in [0.15, 0.2) is 6.10 Å². The molecule has 6 nitrogen and oxygen atoms in total. The van der Waals surface area contributed by atoms with Gasteiger partial charge in [-0.25, -0.2) is 0 Å². The van der Waals surface area contributed by atoms with Crippen LogP contribution in [0, 0.1) is 0 Å². The maximum Gasteiger partial charge on any atom is 0.306 e. The molecule has 0 aromatic rings. The van der Waals surface area contributed by atoms with Gasteiger partial charge >= 0.3 is 17.9 Å². The summed E-state index contributed by atoms with van der Waals surface area (Å²) < 4.78 is 17.0. The number of rotatable bonds is 62. The lowest BCUT2D eigenvalue weighted by molar-refractivity contribution is -0.167. The van der Waals surface area contributed by atoms with Crippen molar-refractivity contribution in [1.82, 2.24) is 0 Å². The number of ether oxygens (including phenoxy) is 3. The molecule has 0 aliphatic rings. The molecule has 0 N–H and O–H groups in total. The Kier molecular flexibility index (Phi) is 61.6. The summed E-state index contributed by atoms with van der Waals surface area (Å²) in [5, 5.41) is 0. The Labute approximate surface area is 462 Å². The van der Waals surface area contributed by atoms with Crippen LogP contribution >= 0.6 is 0 Å². The monoisotopic (exact) mass is 1040 g/mol. The zero-order valence-corrected chi connectivity index (χ0v) is 50.1. The minimum Gasteiger partial charge on any atom is -0.462 e. The van der Waals surface area contributed by atoms with Crippen LogP contribution < -0.4 is 0 Å². The van der Waals surface area contributed by atoms with Crippen molar-refractivity contribution in [3.63, 3.8) is 0 Å². The minimum atomic E-state index is -0.769. The normalized spacial score (nSPS) is 12.1. The van der Waals surface area contributed by atoms with Crippen LogP contribution in [0.3, 0.4) is 0 Å². The average molecular weight is 1040 g/mol. The van der Waals surface area contributed by atoms with Crippen molar-refractivity contribution in [1.29, 1.82) is 0 Å². The largest absolute Gasteiger partial charge is 0.462 e. The summed E-state index contributed by atoms with van der Waals surface area (Å²) in [5.74, 6) is -0.843. The van der Waals surface area contributed by atoms with Gasteiger partial charge in [-0.05, 0) is 70.6 Å². The summed E-state index contributed by atoms with van der Waals surface area (Å²) >= 11 is 0. The SMILES string of the molecule is CCCCCCCCCC/C=C\CCCCCCCCCCCCCC(=O)OCC(COC(=O)CCCCCCCCCCCCCC)OC(=O)CCCCCCCCCCC/C=C\CCCCCCCCCC. The summed E-state index contributed by atoms with van der Waals surface area (Å²) in [4.78, 5) is 38.3. The van der Waals surface area contributed by atoms with Gasteiger partial charge in [-0.15, -0.1) is 0 Å². The smallest absolute Gasteiger partial charge is 0.306 e. The summed E-state index contributed by atoms with van der Waals surface area (Å²) in [6, 6.07) is 0. The molecule has 0 saturated carbocycles. The molecule has 0 aromatic carbocycles. The number of carbonyl (C=O) groups excluding carboxylic acids is 3. The van der Waals surface area contributed by atoms with Gasteiger partial charge in [0.1, 0.15) is 13.2 Å². The lowest BCUT2D eigenvalue weighted by atomic mass is 10.0. The molecular weight excluding hydrogens is 913 g/mol. The number of hydrogen-bond donors (Lipinski definition) is 0. The maximum atomic E-state index is 12.9. The van der Waals surface area contributed by atoms with Crippen LogP contribution in [0.1, 0.15) is 374 Å².